The van der Waals surface area contributed by atoms with Crippen molar-refractivity contribution in [1.29, 1.82) is 0 Å². The zero-order valence-electron chi connectivity index (χ0n) is 21.9. The third-order valence-electron chi connectivity index (χ3n) is 7.73. The predicted octanol–water partition coefficient (Wildman–Crippen LogP) is 0.673. The van der Waals surface area contributed by atoms with Gasteiger partial charge in [-0.3, -0.25) is 19.5 Å². The molecule has 0 bridgehead atoms. The summed E-state index contributed by atoms with van der Waals surface area (Å²) in [6, 6.07) is -2.09. The number of aromatic nitrogens is 4. The predicted molar refractivity (Wildman–Crippen MR) is 141 cm³/mol. The summed E-state index contributed by atoms with van der Waals surface area (Å²) in [6.45, 7) is 5.29. The first-order valence-electron chi connectivity index (χ1n) is 12.8. The first-order chi connectivity index (χ1) is 18.9. The summed E-state index contributed by atoms with van der Waals surface area (Å²) >= 11 is 0. The van der Waals surface area contributed by atoms with Gasteiger partial charge in [0.2, 0.25) is 11.9 Å². The van der Waals surface area contributed by atoms with E-state index in [1.807, 2.05) is 0 Å². The van der Waals surface area contributed by atoms with E-state index < -0.39 is 36.1 Å². The number of likely N-dealkylation sites (N-methyl/N-ethyl adjacent to an activating group) is 1. The van der Waals surface area contributed by atoms with Crippen LogP contribution in [0.4, 0.5) is 16.6 Å². The molecule has 6 rings (SSSR count). The highest BCUT2D eigenvalue weighted by molar-refractivity contribution is 6.03. The number of piperidine rings is 1. The maximum Gasteiger partial charge on any atom is 0.329 e. The van der Waals surface area contributed by atoms with Gasteiger partial charge in [0.25, 0.3) is 5.91 Å². The topological polar surface area (TPSA) is 140 Å². The van der Waals surface area contributed by atoms with Gasteiger partial charge in [-0.05, 0) is 32.1 Å². The Morgan fingerprint density at radius 2 is 1.90 bits per heavy atom. The van der Waals surface area contributed by atoms with Crippen molar-refractivity contribution in [3.05, 3.63) is 24.8 Å². The van der Waals surface area contributed by atoms with Crippen LogP contribution in [0, 0.1) is 23.7 Å². The van der Waals surface area contributed by atoms with Crippen LogP contribution < -0.4 is 10.2 Å². The van der Waals surface area contributed by atoms with E-state index in [4.69, 9.17) is 0 Å². The Bertz CT molecular complexity index is 1410. The molecule has 13 heteroatoms. The highest BCUT2D eigenvalue weighted by atomic mass is 16.2. The van der Waals surface area contributed by atoms with Crippen molar-refractivity contribution in [1.82, 2.24) is 34.6 Å². The maximum absolute atomic E-state index is 13.2. The number of imide groups is 1. The van der Waals surface area contributed by atoms with Crippen LogP contribution in [0.15, 0.2) is 29.8 Å². The molecular formula is C26H28N10O3. The summed E-state index contributed by atoms with van der Waals surface area (Å²) in [6.07, 6.45) is 8.50. The highest BCUT2D eigenvalue weighted by Gasteiger charge is 2.51. The maximum atomic E-state index is 13.2. The monoisotopic (exact) mass is 528 g/mol. The lowest BCUT2D eigenvalue weighted by molar-refractivity contribution is -0.138. The molecule has 0 radical (unpaired) electrons. The lowest BCUT2D eigenvalue weighted by Gasteiger charge is -2.41. The first kappa shape index (κ1) is 24.7. The van der Waals surface area contributed by atoms with Crippen LogP contribution >= 0.6 is 0 Å². The van der Waals surface area contributed by atoms with Gasteiger partial charge in [-0.1, -0.05) is 5.92 Å². The van der Waals surface area contributed by atoms with Gasteiger partial charge in [0.05, 0.1) is 31.0 Å². The second kappa shape index (κ2) is 9.61. The number of aliphatic imine (C=N–C) groups is 1. The SMILES string of the molecule is CC#CCN1C(=O)C2C(N=CN2[C@@H](C)C(=O)Nc2cncc(-c3cnc(N4CC5CC5C4)nc3)n2)N(C)C1=O. The number of anilines is 2. The summed E-state index contributed by atoms with van der Waals surface area (Å²) in [5, 5.41) is 2.78. The number of hydrogen-bond donors (Lipinski definition) is 1. The van der Waals surface area contributed by atoms with Gasteiger partial charge in [-0.15, -0.1) is 5.92 Å². The van der Waals surface area contributed by atoms with E-state index in [1.54, 1.807) is 44.4 Å². The Labute approximate surface area is 225 Å². The van der Waals surface area contributed by atoms with Gasteiger partial charge in [0, 0.05) is 38.1 Å². The number of urea groups is 1. The second-order valence-corrected chi connectivity index (χ2v) is 10.2. The fourth-order valence-electron chi connectivity index (χ4n) is 5.33. The van der Waals surface area contributed by atoms with Crippen LogP contribution in [0.3, 0.4) is 0 Å². The summed E-state index contributed by atoms with van der Waals surface area (Å²) in [7, 11) is 1.58. The van der Waals surface area contributed by atoms with E-state index in [9.17, 15) is 14.4 Å². The average Bonchev–Trinajstić information content (AvgIpc) is 3.33. The van der Waals surface area contributed by atoms with E-state index in [0.717, 1.165) is 29.8 Å². The van der Waals surface area contributed by atoms with E-state index in [1.165, 1.54) is 23.9 Å². The molecule has 5 heterocycles. The zero-order valence-corrected chi connectivity index (χ0v) is 21.9. The normalized spacial score (nSPS) is 25.7. The van der Waals surface area contributed by atoms with Crippen LogP contribution in [-0.4, -0.2) is 104 Å². The lowest BCUT2D eigenvalue weighted by atomic mass is 10.1. The van der Waals surface area contributed by atoms with E-state index in [0.29, 0.717) is 17.2 Å². The molecule has 3 fully saturated rings. The Balaban J connectivity index is 1.14. The molecule has 3 aliphatic heterocycles. The number of fused-ring (bicyclic) bond motifs is 2. The first-order valence-corrected chi connectivity index (χ1v) is 12.8. The summed E-state index contributed by atoms with van der Waals surface area (Å²) in [5.74, 6) is 7.15. The molecule has 5 atom stereocenters. The van der Waals surface area contributed by atoms with Crippen LogP contribution in [-0.2, 0) is 9.59 Å². The third kappa shape index (κ3) is 4.41. The molecule has 13 nitrogen and oxygen atoms in total. The van der Waals surface area contributed by atoms with Crippen molar-refractivity contribution in [2.24, 2.45) is 16.8 Å². The standard InChI is InChI=1S/C26H28N10O3/c1-4-5-6-35-24(38)21-22(33(3)26(35)39)30-14-36(21)15(2)23(37)32-20-11-27-10-19(31-20)18-8-28-25(29-9-18)34-12-16-7-17(16)13-34/h8-11,14-17,21-22H,6-7,12-13H2,1-3H3,(H,31,32,37)/t15-,16?,17?,21?,22?/m0/s1. The minimum absolute atomic E-state index is 0.0255. The van der Waals surface area contributed by atoms with Crippen molar-refractivity contribution >= 4 is 36.0 Å². The van der Waals surface area contributed by atoms with E-state index in [-0.39, 0.29) is 12.4 Å². The molecule has 200 valence electrons. The Morgan fingerprint density at radius 3 is 2.62 bits per heavy atom. The number of rotatable bonds is 6. The number of carbonyl (C=O) groups excluding carboxylic acids is 3. The van der Waals surface area contributed by atoms with Crippen molar-refractivity contribution < 1.29 is 14.4 Å². The summed E-state index contributed by atoms with van der Waals surface area (Å²) < 4.78 is 0. The van der Waals surface area contributed by atoms with Crippen molar-refractivity contribution in [3.8, 4) is 23.1 Å². The minimum Gasteiger partial charge on any atom is -0.340 e. The largest absolute Gasteiger partial charge is 0.340 e. The number of nitrogens with zero attached hydrogens (tertiary/aromatic N) is 9. The Kier molecular flexibility index (Phi) is 6.09. The number of carbonyl (C=O) groups is 3. The molecule has 2 aromatic heterocycles. The smallest absolute Gasteiger partial charge is 0.329 e. The summed E-state index contributed by atoms with van der Waals surface area (Å²) in [5.41, 5.74) is 1.21. The molecule has 1 N–H and O–H groups in total. The molecule has 0 spiro atoms. The molecule has 4 aliphatic rings. The molecule has 4 unspecified atom stereocenters. The minimum atomic E-state index is -0.832. The molecule has 4 amide bonds. The Morgan fingerprint density at radius 1 is 1.15 bits per heavy atom. The van der Waals surface area contributed by atoms with Crippen LogP contribution in [0.5, 0.6) is 0 Å². The van der Waals surface area contributed by atoms with Crippen LogP contribution in [0.2, 0.25) is 0 Å². The van der Waals surface area contributed by atoms with Gasteiger partial charge in [0.15, 0.2) is 18.0 Å². The fraction of sp³-hybridized carbons (Fsp3) is 0.462. The van der Waals surface area contributed by atoms with Gasteiger partial charge in [0.1, 0.15) is 6.04 Å². The van der Waals surface area contributed by atoms with Gasteiger partial charge >= 0.3 is 6.03 Å². The summed E-state index contributed by atoms with van der Waals surface area (Å²) in [4.78, 5) is 67.4. The molecule has 39 heavy (non-hydrogen) atoms. The fourth-order valence-corrected chi connectivity index (χ4v) is 5.33. The zero-order chi connectivity index (χ0) is 27.3. The van der Waals surface area contributed by atoms with Crippen molar-refractivity contribution in [2.75, 3.05) is 36.9 Å². The molecule has 1 aliphatic carbocycles. The van der Waals surface area contributed by atoms with Gasteiger partial charge in [-0.2, -0.15) is 0 Å². The molecule has 0 aromatic carbocycles. The molecule has 1 saturated carbocycles. The Hall–Kier alpha value is -4.60. The van der Waals surface area contributed by atoms with Gasteiger partial charge in [-0.25, -0.2) is 24.7 Å². The van der Waals surface area contributed by atoms with Crippen molar-refractivity contribution in [3.63, 3.8) is 0 Å². The van der Waals surface area contributed by atoms with Gasteiger partial charge < -0.3 is 20.0 Å². The van der Waals surface area contributed by atoms with Crippen molar-refractivity contribution in [2.45, 2.75) is 38.5 Å². The number of nitrogens with one attached hydrogen (secondary N) is 1. The van der Waals surface area contributed by atoms with E-state index in [2.05, 4.69) is 47.0 Å². The van der Waals surface area contributed by atoms with E-state index >= 15 is 0 Å². The molecular weight excluding hydrogens is 500 g/mol. The number of amides is 4. The van der Waals surface area contributed by atoms with Crippen LogP contribution in [0.1, 0.15) is 20.3 Å². The second-order valence-electron chi connectivity index (χ2n) is 10.2. The third-order valence-corrected chi connectivity index (χ3v) is 7.73. The lowest BCUT2D eigenvalue weighted by Crippen LogP contribution is -2.66. The number of hydrogen-bond acceptors (Lipinski definition) is 10. The average molecular weight is 529 g/mol. The molecule has 2 saturated heterocycles. The highest BCUT2D eigenvalue weighted by Crippen LogP contribution is 2.45. The van der Waals surface area contributed by atoms with Crippen LogP contribution in [0.25, 0.3) is 11.3 Å². The molecule has 2 aromatic rings. The quantitative estimate of drug-likeness (QED) is 0.536.